The molecule has 1 atom stereocenters. The molecule has 0 bridgehead atoms. The van der Waals surface area contributed by atoms with Crippen LogP contribution in [0.5, 0.6) is 5.75 Å². The number of halogens is 1. The lowest BCUT2D eigenvalue weighted by atomic mass is 10.1. The summed E-state index contributed by atoms with van der Waals surface area (Å²) in [5, 5.41) is 11.1. The predicted molar refractivity (Wildman–Crippen MR) is 131 cm³/mol. The molecule has 0 saturated heterocycles. The minimum Gasteiger partial charge on any atom is -0.487 e. The first-order valence-corrected chi connectivity index (χ1v) is 10.3. The van der Waals surface area contributed by atoms with Crippen molar-refractivity contribution in [1.82, 2.24) is 15.6 Å². The second-order valence-electron chi connectivity index (χ2n) is 6.52. The molecule has 3 rings (SSSR count). The summed E-state index contributed by atoms with van der Waals surface area (Å²) < 4.78 is 5.78. The molecule has 154 valence electrons. The monoisotopic (exact) mass is 522 g/mol. The van der Waals surface area contributed by atoms with Crippen molar-refractivity contribution >= 4 is 41.3 Å². The summed E-state index contributed by atoms with van der Waals surface area (Å²) in [6.07, 6.45) is 1.77. The maximum atomic E-state index is 5.78. The molecule has 1 aromatic carbocycles. The van der Waals surface area contributed by atoms with E-state index in [0.29, 0.717) is 19.1 Å². The van der Waals surface area contributed by atoms with Crippen LogP contribution in [0.3, 0.4) is 0 Å². The zero-order chi connectivity index (χ0) is 19.6. The molecule has 1 unspecified atom stereocenters. The van der Waals surface area contributed by atoms with Gasteiger partial charge in [0.2, 0.25) is 0 Å². The van der Waals surface area contributed by atoms with Crippen molar-refractivity contribution in [3.8, 4) is 5.75 Å². The van der Waals surface area contributed by atoms with Gasteiger partial charge in [-0.25, -0.2) is 0 Å². The third-order valence-electron chi connectivity index (χ3n) is 4.41. The van der Waals surface area contributed by atoms with E-state index in [2.05, 4.69) is 56.5 Å². The fourth-order valence-electron chi connectivity index (χ4n) is 2.67. The van der Waals surface area contributed by atoms with Crippen LogP contribution in [0.25, 0.3) is 0 Å². The lowest BCUT2D eigenvalue weighted by Gasteiger charge is -2.15. The van der Waals surface area contributed by atoms with Gasteiger partial charge in [0.05, 0.1) is 5.69 Å². The van der Waals surface area contributed by atoms with E-state index in [0.717, 1.165) is 23.9 Å². The zero-order valence-electron chi connectivity index (χ0n) is 16.7. The molecular weight excluding hydrogens is 495 g/mol. The van der Waals surface area contributed by atoms with Crippen LogP contribution < -0.4 is 15.4 Å². The largest absolute Gasteiger partial charge is 0.487 e. The summed E-state index contributed by atoms with van der Waals surface area (Å²) in [5.74, 6) is 2.08. The minimum atomic E-state index is 0. The van der Waals surface area contributed by atoms with Crippen LogP contribution in [0.2, 0.25) is 0 Å². The molecule has 0 aliphatic heterocycles. The molecular formula is C22H27IN4OS. The number of aliphatic imine (C=N–C) groups is 1. The van der Waals surface area contributed by atoms with E-state index >= 15 is 0 Å². The number of nitrogens with one attached hydrogen (secondary N) is 2. The van der Waals surface area contributed by atoms with Gasteiger partial charge < -0.3 is 15.4 Å². The first kappa shape index (κ1) is 23.2. The molecule has 2 heterocycles. The molecule has 2 N–H and O–H groups in total. The van der Waals surface area contributed by atoms with Crippen LogP contribution in [0.15, 0.2) is 70.5 Å². The van der Waals surface area contributed by atoms with Gasteiger partial charge in [-0.3, -0.25) is 9.98 Å². The van der Waals surface area contributed by atoms with Gasteiger partial charge in [0, 0.05) is 26.3 Å². The van der Waals surface area contributed by atoms with Gasteiger partial charge in [0.15, 0.2) is 5.96 Å². The molecule has 29 heavy (non-hydrogen) atoms. The number of ether oxygens (including phenoxy) is 1. The Morgan fingerprint density at radius 3 is 2.62 bits per heavy atom. The number of benzene rings is 1. The van der Waals surface area contributed by atoms with Gasteiger partial charge in [-0.05, 0) is 58.1 Å². The van der Waals surface area contributed by atoms with Gasteiger partial charge in [-0.15, -0.1) is 24.0 Å². The molecule has 0 aliphatic rings. The van der Waals surface area contributed by atoms with E-state index in [9.17, 15) is 0 Å². The predicted octanol–water partition coefficient (Wildman–Crippen LogP) is 4.81. The first-order valence-electron chi connectivity index (χ1n) is 9.33. The van der Waals surface area contributed by atoms with Gasteiger partial charge >= 0.3 is 0 Å². The van der Waals surface area contributed by atoms with E-state index < -0.39 is 0 Å². The molecule has 0 fully saturated rings. The summed E-state index contributed by atoms with van der Waals surface area (Å²) >= 11 is 1.73. The van der Waals surface area contributed by atoms with Gasteiger partial charge in [-0.1, -0.05) is 25.1 Å². The molecule has 0 spiro atoms. The second kappa shape index (κ2) is 12.4. The van der Waals surface area contributed by atoms with Crippen LogP contribution in [0.4, 0.5) is 0 Å². The fourth-order valence-corrected chi connectivity index (χ4v) is 3.46. The molecule has 0 saturated carbocycles. The number of aromatic nitrogens is 1. The standard InChI is InChI=1S/C22H26N4OS.HI/c1-17(19-10-12-28-16-19)13-25-22(23-2)26-14-18-6-8-21(9-7-18)27-15-20-5-3-4-11-24-20;/h3-12,16-17H,13-15H2,1-2H3,(H2,23,25,26);1H. The number of nitrogens with zero attached hydrogens (tertiary/aromatic N) is 2. The number of guanidine groups is 1. The van der Waals surface area contributed by atoms with Crippen LogP contribution in [0, 0.1) is 0 Å². The van der Waals surface area contributed by atoms with E-state index in [1.807, 2.05) is 30.3 Å². The van der Waals surface area contributed by atoms with E-state index in [1.54, 1.807) is 24.6 Å². The van der Waals surface area contributed by atoms with Crippen molar-refractivity contribution < 1.29 is 4.74 Å². The highest BCUT2D eigenvalue weighted by atomic mass is 127. The molecule has 5 nitrogen and oxygen atoms in total. The van der Waals surface area contributed by atoms with Gasteiger partial charge in [0.25, 0.3) is 0 Å². The Hall–Kier alpha value is -2.13. The Bertz CT molecular complexity index is 854. The van der Waals surface area contributed by atoms with Crippen molar-refractivity contribution in [3.63, 3.8) is 0 Å². The van der Waals surface area contributed by atoms with E-state index in [1.165, 1.54) is 11.1 Å². The number of pyridine rings is 1. The summed E-state index contributed by atoms with van der Waals surface area (Å²) in [7, 11) is 1.79. The highest BCUT2D eigenvalue weighted by Crippen LogP contribution is 2.17. The fraction of sp³-hybridized carbons (Fsp3) is 0.273. The SMILES string of the molecule is CN=C(NCc1ccc(OCc2ccccn2)cc1)NCC(C)c1ccsc1.I. The van der Waals surface area contributed by atoms with E-state index in [4.69, 9.17) is 4.74 Å². The Morgan fingerprint density at radius 1 is 1.14 bits per heavy atom. The lowest BCUT2D eigenvalue weighted by Crippen LogP contribution is -2.38. The highest BCUT2D eigenvalue weighted by Gasteiger charge is 2.07. The second-order valence-corrected chi connectivity index (χ2v) is 7.30. The Labute approximate surface area is 193 Å². The van der Waals surface area contributed by atoms with Crippen molar-refractivity contribution in [1.29, 1.82) is 0 Å². The third-order valence-corrected chi connectivity index (χ3v) is 5.11. The number of hydrogen-bond acceptors (Lipinski definition) is 4. The lowest BCUT2D eigenvalue weighted by molar-refractivity contribution is 0.301. The average Bonchev–Trinajstić information content (AvgIpc) is 3.29. The Kier molecular flexibility index (Phi) is 9.93. The quantitative estimate of drug-likeness (QED) is 0.253. The summed E-state index contributed by atoms with van der Waals surface area (Å²) in [6.45, 7) is 4.23. The number of thiophene rings is 1. The summed E-state index contributed by atoms with van der Waals surface area (Å²) in [5.41, 5.74) is 3.44. The van der Waals surface area contributed by atoms with Gasteiger partial charge in [-0.2, -0.15) is 11.3 Å². The number of hydrogen-bond donors (Lipinski definition) is 2. The molecule has 3 aromatic rings. The molecule has 2 aromatic heterocycles. The minimum absolute atomic E-state index is 0. The Morgan fingerprint density at radius 2 is 1.97 bits per heavy atom. The normalized spacial score (nSPS) is 12.0. The maximum absolute atomic E-state index is 5.78. The van der Waals surface area contributed by atoms with Gasteiger partial charge in [0.1, 0.15) is 12.4 Å². The van der Waals surface area contributed by atoms with E-state index in [-0.39, 0.29) is 24.0 Å². The molecule has 0 radical (unpaired) electrons. The molecule has 7 heteroatoms. The van der Waals surface area contributed by atoms with Crippen LogP contribution in [0.1, 0.15) is 29.7 Å². The van der Waals surface area contributed by atoms with Crippen LogP contribution in [-0.2, 0) is 13.2 Å². The van der Waals surface area contributed by atoms with Crippen molar-refractivity contribution in [2.24, 2.45) is 4.99 Å². The average molecular weight is 522 g/mol. The van der Waals surface area contributed by atoms with Crippen molar-refractivity contribution in [3.05, 3.63) is 82.3 Å². The number of rotatable bonds is 8. The van der Waals surface area contributed by atoms with Crippen molar-refractivity contribution in [2.45, 2.75) is 26.0 Å². The molecule has 0 aliphatic carbocycles. The topological polar surface area (TPSA) is 58.5 Å². The maximum Gasteiger partial charge on any atom is 0.191 e. The smallest absolute Gasteiger partial charge is 0.191 e. The summed E-state index contributed by atoms with van der Waals surface area (Å²) in [6, 6.07) is 16.1. The third kappa shape index (κ3) is 7.66. The van der Waals surface area contributed by atoms with Crippen LogP contribution >= 0.6 is 35.3 Å². The Balaban J connectivity index is 0.00000300. The highest BCUT2D eigenvalue weighted by molar-refractivity contribution is 14.0. The summed E-state index contributed by atoms with van der Waals surface area (Å²) in [4.78, 5) is 8.56. The van der Waals surface area contributed by atoms with Crippen molar-refractivity contribution in [2.75, 3.05) is 13.6 Å². The molecule has 0 amide bonds. The first-order chi connectivity index (χ1) is 13.7. The zero-order valence-corrected chi connectivity index (χ0v) is 19.8. The van der Waals surface area contributed by atoms with Crippen LogP contribution in [-0.4, -0.2) is 24.5 Å².